The van der Waals surface area contributed by atoms with Gasteiger partial charge < -0.3 is 5.32 Å². The van der Waals surface area contributed by atoms with Gasteiger partial charge >= 0.3 is 0 Å². The number of hydrogen-bond acceptors (Lipinski definition) is 3. The van der Waals surface area contributed by atoms with Crippen LogP contribution in [0.5, 0.6) is 0 Å². The SMILES string of the molecule is CC(C)N1CCCn2nc(CNC3CC3)c(Cl)c2C1. The highest BCUT2D eigenvalue weighted by molar-refractivity contribution is 6.31. The van der Waals surface area contributed by atoms with Gasteiger partial charge in [0.1, 0.15) is 0 Å². The van der Waals surface area contributed by atoms with Crippen LogP contribution in [0, 0.1) is 0 Å². The zero-order chi connectivity index (χ0) is 13.4. The molecule has 1 fully saturated rings. The van der Waals surface area contributed by atoms with Crippen LogP contribution in [-0.4, -0.2) is 33.3 Å². The number of halogens is 1. The van der Waals surface area contributed by atoms with Gasteiger partial charge in [0.05, 0.1) is 16.4 Å². The summed E-state index contributed by atoms with van der Waals surface area (Å²) in [6.45, 7) is 8.35. The summed E-state index contributed by atoms with van der Waals surface area (Å²) in [6, 6.07) is 1.26. The minimum atomic E-state index is 0.561. The Bertz CT molecular complexity index is 451. The molecule has 5 heteroatoms. The lowest BCUT2D eigenvalue weighted by Crippen LogP contribution is -2.30. The Hall–Kier alpha value is -0.580. The number of aromatic nitrogens is 2. The lowest BCUT2D eigenvalue weighted by molar-refractivity contribution is 0.216. The third-order valence-electron chi connectivity index (χ3n) is 4.09. The number of aryl methyl sites for hydroxylation is 1. The summed E-state index contributed by atoms with van der Waals surface area (Å²) < 4.78 is 2.12. The zero-order valence-electron chi connectivity index (χ0n) is 11.8. The predicted molar refractivity (Wildman–Crippen MR) is 77.3 cm³/mol. The summed E-state index contributed by atoms with van der Waals surface area (Å²) in [7, 11) is 0. The number of nitrogens with zero attached hydrogens (tertiary/aromatic N) is 3. The van der Waals surface area contributed by atoms with Crippen molar-refractivity contribution in [3.63, 3.8) is 0 Å². The molecule has 0 bridgehead atoms. The van der Waals surface area contributed by atoms with Crippen molar-refractivity contribution in [2.75, 3.05) is 6.54 Å². The van der Waals surface area contributed by atoms with Crippen LogP contribution in [0.3, 0.4) is 0 Å². The predicted octanol–water partition coefficient (Wildman–Crippen LogP) is 2.40. The van der Waals surface area contributed by atoms with E-state index in [0.29, 0.717) is 12.1 Å². The van der Waals surface area contributed by atoms with E-state index in [2.05, 4.69) is 28.7 Å². The van der Waals surface area contributed by atoms with Gasteiger partial charge in [-0.05, 0) is 33.1 Å². The number of nitrogens with one attached hydrogen (secondary N) is 1. The fourth-order valence-corrected chi connectivity index (χ4v) is 2.90. The van der Waals surface area contributed by atoms with E-state index in [4.69, 9.17) is 16.7 Å². The van der Waals surface area contributed by atoms with Gasteiger partial charge in [-0.3, -0.25) is 9.58 Å². The molecular formula is C14H23ClN4. The molecule has 1 saturated carbocycles. The minimum absolute atomic E-state index is 0.561. The Balaban J connectivity index is 1.77. The third-order valence-corrected chi connectivity index (χ3v) is 4.53. The lowest BCUT2D eigenvalue weighted by atomic mass is 10.2. The molecule has 0 radical (unpaired) electrons. The summed E-state index contributed by atoms with van der Waals surface area (Å²) in [5.41, 5.74) is 2.22. The quantitative estimate of drug-likeness (QED) is 0.921. The van der Waals surface area contributed by atoms with Crippen molar-refractivity contribution < 1.29 is 0 Å². The highest BCUT2D eigenvalue weighted by atomic mass is 35.5. The first kappa shape index (κ1) is 13.4. The second-order valence-corrected chi connectivity index (χ2v) is 6.38. The number of fused-ring (bicyclic) bond motifs is 1. The van der Waals surface area contributed by atoms with Crippen LogP contribution in [0.2, 0.25) is 5.02 Å². The lowest BCUT2D eigenvalue weighted by Gasteiger charge is -2.23. The standard InChI is InChI=1S/C14H23ClN4/c1-10(2)18-6-3-7-19-13(9-18)14(15)12(17-19)8-16-11-4-5-11/h10-11,16H,3-9H2,1-2H3. The fraction of sp³-hybridized carbons (Fsp3) is 0.786. The molecule has 19 heavy (non-hydrogen) atoms. The van der Waals surface area contributed by atoms with Crippen molar-refractivity contribution in [3.05, 3.63) is 16.4 Å². The van der Waals surface area contributed by atoms with E-state index in [0.717, 1.165) is 43.3 Å². The van der Waals surface area contributed by atoms with Crippen LogP contribution in [0.15, 0.2) is 0 Å². The van der Waals surface area contributed by atoms with E-state index in [-0.39, 0.29) is 0 Å². The van der Waals surface area contributed by atoms with E-state index in [9.17, 15) is 0 Å². The minimum Gasteiger partial charge on any atom is -0.308 e. The van der Waals surface area contributed by atoms with E-state index in [1.54, 1.807) is 0 Å². The maximum absolute atomic E-state index is 6.54. The molecule has 0 atom stereocenters. The molecule has 0 spiro atoms. The molecule has 1 aromatic rings. The van der Waals surface area contributed by atoms with Crippen molar-refractivity contribution in [1.82, 2.24) is 20.0 Å². The average Bonchev–Trinajstić information content (AvgIpc) is 3.17. The van der Waals surface area contributed by atoms with Crippen LogP contribution in [0.25, 0.3) is 0 Å². The molecule has 0 unspecified atom stereocenters. The zero-order valence-corrected chi connectivity index (χ0v) is 12.6. The highest BCUT2D eigenvalue weighted by Crippen LogP contribution is 2.27. The smallest absolute Gasteiger partial charge is 0.0952 e. The highest BCUT2D eigenvalue weighted by Gasteiger charge is 2.25. The van der Waals surface area contributed by atoms with Gasteiger partial charge in [0, 0.05) is 38.3 Å². The summed E-state index contributed by atoms with van der Waals surface area (Å²) in [4.78, 5) is 2.48. The van der Waals surface area contributed by atoms with Crippen LogP contribution < -0.4 is 5.32 Å². The Labute approximate surface area is 120 Å². The molecule has 106 valence electrons. The van der Waals surface area contributed by atoms with Gasteiger partial charge in [0.25, 0.3) is 0 Å². The second kappa shape index (κ2) is 5.43. The van der Waals surface area contributed by atoms with Gasteiger partial charge in [-0.2, -0.15) is 5.10 Å². The molecule has 4 nitrogen and oxygen atoms in total. The Morgan fingerprint density at radius 3 is 2.84 bits per heavy atom. The monoisotopic (exact) mass is 282 g/mol. The van der Waals surface area contributed by atoms with Crippen molar-refractivity contribution >= 4 is 11.6 Å². The van der Waals surface area contributed by atoms with Crippen LogP contribution in [0.4, 0.5) is 0 Å². The molecule has 3 rings (SSSR count). The molecule has 0 amide bonds. The van der Waals surface area contributed by atoms with Gasteiger partial charge in [-0.25, -0.2) is 0 Å². The average molecular weight is 283 g/mol. The molecular weight excluding hydrogens is 260 g/mol. The molecule has 1 aliphatic carbocycles. The molecule has 0 saturated heterocycles. The summed E-state index contributed by atoms with van der Waals surface area (Å²) in [6.07, 6.45) is 3.75. The van der Waals surface area contributed by atoms with Crippen molar-refractivity contribution in [1.29, 1.82) is 0 Å². The van der Waals surface area contributed by atoms with Crippen molar-refractivity contribution in [2.24, 2.45) is 0 Å². The Kier molecular flexibility index (Phi) is 3.83. The molecule has 1 N–H and O–H groups in total. The van der Waals surface area contributed by atoms with E-state index in [1.165, 1.54) is 18.5 Å². The summed E-state index contributed by atoms with van der Waals surface area (Å²) in [5.74, 6) is 0. The van der Waals surface area contributed by atoms with Gasteiger partial charge in [-0.1, -0.05) is 11.6 Å². The maximum Gasteiger partial charge on any atom is 0.0952 e. The molecule has 2 aliphatic rings. The van der Waals surface area contributed by atoms with Gasteiger partial charge in [0.2, 0.25) is 0 Å². The first-order chi connectivity index (χ1) is 9.15. The van der Waals surface area contributed by atoms with Crippen molar-refractivity contribution in [2.45, 2.75) is 64.8 Å². The largest absolute Gasteiger partial charge is 0.308 e. The normalized spacial score (nSPS) is 20.6. The van der Waals surface area contributed by atoms with Crippen LogP contribution in [-0.2, 0) is 19.6 Å². The summed E-state index contributed by atoms with van der Waals surface area (Å²) >= 11 is 6.54. The van der Waals surface area contributed by atoms with Crippen LogP contribution in [0.1, 0.15) is 44.5 Å². The first-order valence-corrected chi connectivity index (χ1v) is 7.74. The summed E-state index contributed by atoms with van der Waals surface area (Å²) in [5, 5.41) is 9.07. The number of hydrogen-bond donors (Lipinski definition) is 1. The van der Waals surface area contributed by atoms with E-state index >= 15 is 0 Å². The van der Waals surface area contributed by atoms with Gasteiger partial charge in [-0.15, -0.1) is 0 Å². The number of rotatable bonds is 4. The van der Waals surface area contributed by atoms with Gasteiger partial charge in [0.15, 0.2) is 0 Å². The third kappa shape index (κ3) is 2.96. The fourth-order valence-electron chi connectivity index (χ4n) is 2.64. The van der Waals surface area contributed by atoms with E-state index in [1.807, 2.05) is 0 Å². The van der Waals surface area contributed by atoms with Crippen molar-refractivity contribution in [3.8, 4) is 0 Å². The molecule has 0 aromatic carbocycles. The van der Waals surface area contributed by atoms with E-state index < -0.39 is 0 Å². The second-order valence-electron chi connectivity index (χ2n) is 6.00. The molecule has 2 heterocycles. The molecule has 1 aliphatic heterocycles. The molecule has 1 aromatic heterocycles. The Morgan fingerprint density at radius 1 is 1.37 bits per heavy atom. The topological polar surface area (TPSA) is 33.1 Å². The maximum atomic E-state index is 6.54. The van der Waals surface area contributed by atoms with Crippen LogP contribution >= 0.6 is 11.6 Å². The Morgan fingerprint density at radius 2 is 2.16 bits per heavy atom. The first-order valence-electron chi connectivity index (χ1n) is 7.36.